The highest BCUT2D eigenvalue weighted by molar-refractivity contribution is 5.81. The number of benzene rings is 1. The molecule has 0 saturated carbocycles. The average molecular weight is 238 g/mol. The molecule has 0 saturated heterocycles. The second kappa shape index (κ2) is 3.96. The van der Waals surface area contributed by atoms with Gasteiger partial charge in [0.15, 0.2) is 0 Å². The minimum atomic E-state index is -0.475. The van der Waals surface area contributed by atoms with Crippen molar-refractivity contribution in [2.24, 2.45) is 0 Å². The highest BCUT2D eigenvalue weighted by Crippen LogP contribution is 2.37. The molecular formula is C15H14N2O. The van der Waals surface area contributed by atoms with Gasteiger partial charge in [0.2, 0.25) is 0 Å². The number of hydrogen-bond acceptors (Lipinski definition) is 3. The third-order valence-electron chi connectivity index (χ3n) is 3.49. The summed E-state index contributed by atoms with van der Waals surface area (Å²) in [5.41, 5.74) is 5.66. The zero-order valence-corrected chi connectivity index (χ0v) is 10.1. The van der Waals surface area contributed by atoms with Crippen LogP contribution < -0.4 is 5.43 Å². The Morgan fingerprint density at radius 1 is 1.22 bits per heavy atom. The van der Waals surface area contributed by atoms with Gasteiger partial charge in [0.1, 0.15) is 6.29 Å². The van der Waals surface area contributed by atoms with Gasteiger partial charge >= 0.3 is 0 Å². The summed E-state index contributed by atoms with van der Waals surface area (Å²) < 4.78 is 0. The van der Waals surface area contributed by atoms with Crippen molar-refractivity contribution in [2.75, 3.05) is 0 Å². The molecule has 0 amide bonds. The molecular weight excluding hydrogens is 224 g/mol. The fourth-order valence-corrected chi connectivity index (χ4v) is 2.49. The highest BCUT2D eigenvalue weighted by atomic mass is 16.1. The number of allylic oxidation sites excluding steroid dienone is 3. The number of fused-ring (bicyclic) bond motifs is 1. The molecule has 2 heterocycles. The summed E-state index contributed by atoms with van der Waals surface area (Å²) in [7, 11) is 0. The number of nitrogens with zero attached hydrogens (tertiary/aromatic N) is 1. The van der Waals surface area contributed by atoms with Crippen LogP contribution in [0.3, 0.4) is 0 Å². The first-order chi connectivity index (χ1) is 8.75. The standard InChI is InChI=1S/C15H14N2O/c1-15(12-7-3-2-4-8-12)13(11-18)14-9-5-6-10-17(14)16-15/h2-11,16H,1H3. The zero-order valence-electron chi connectivity index (χ0n) is 10.1. The van der Waals surface area contributed by atoms with Crippen molar-refractivity contribution in [3.05, 3.63) is 71.6 Å². The van der Waals surface area contributed by atoms with Crippen LogP contribution >= 0.6 is 0 Å². The molecule has 0 radical (unpaired) electrons. The van der Waals surface area contributed by atoms with Crippen LogP contribution in [0.5, 0.6) is 0 Å². The van der Waals surface area contributed by atoms with E-state index in [-0.39, 0.29) is 0 Å². The van der Waals surface area contributed by atoms with E-state index in [1.165, 1.54) is 0 Å². The van der Waals surface area contributed by atoms with E-state index in [1.54, 1.807) is 0 Å². The molecule has 1 aromatic carbocycles. The van der Waals surface area contributed by atoms with Gasteiger partial charge in [-0.05, 0) is 24.6 Å². The number of hydrogen-bond donors (Lipinski definition) is 1. The maximum absolute atomic E-state index is 11.5. The molecule has 0 bridgehead atoms. The minimum absolute atomic E-state index is 0.475. The first kappa shape index (κ1) is 11.0. The summed E-state index contributed by atoms with van der Waals surface area (Å²) in [5, 5.41) is 1.90. The summed E-state index contributed by atoms with van der Waals surface area (Å²) in [6.07, 6.45) is 8.69. The van der Waals surface area contributed by atoms with Crippen LogP contribution in [0.15, 0.2) is 66.0 Å². The van der Waals surface area contributed by atoms with Gasteiger partial charge in [0, 0.05) is 11.8 Å². The Morgan fingerprint density at radius 2 is 2.00 bits per heavy atom. The number of hydrazine groups is 1. The lowest BCUT2D eigenvalue weighted by Crippen LogP contribution is -2.42. The van der Waals surface area contributed by atoms with E-state index in [0.717, 1.165) is 23.1 Å². The second-order valence-corrected chi connectivity index (χ2v) is 4.59. The molecule has 3 rings (SSSR count). The van der Waals surface area contributed by atoms with Gasteiger partial charge in [-0.2, -0.15) is 0 Å². The second-order valence-electron chi connectivity index (χ2n) is 4.59. The monoisotopic (exact) mass is 238 g/mol. The fraction of sp³-hybridized carbons (Fsp3) is 0.133. The predicted molar refractivity (Wildman–Crippen MR) is 70.1 cm³/mol. The van der Waals surface area contributed by atoms with E-state index < -0.39 is 5.54 Å². The molecule has 2 aliphatic heterocycles. The number of carbonyl (C=O) groups is 1. The molecule has 2 aliphatic rings. The third-order valence-corrected chi connectivity index (χ3v) is 3.49. The quantitative estimate of drug-likeness (QED) is 0.802. The topological polar surface area (TPSA) is 32.3 Å². The molecule has 1 N–H and O–H groups in total. The maximum Gasteiger partial charge on any atom is 0.150 e. The lowest BCUT2D eigenvalue weighted by atomic mass is 9.85. The Hall–Kier alpha value is -2.13. The summed E-state index contributed by atoms with van der Waals surface area (Å²) in [5.74, 6) is 0. The number of nitrogens with one attached hydrogen (secondary N) is 1. The van der Waals surface area contributed by atoms with Crippen LogP contribution in [0.1, 0.15) is 12.5 Å². The van der Waals surface area contributed by atoms with Gasteiger partial charge < -0.3 is 0 Å². The molecule has 3 heteroatoms. The maximum atomic E-state index is 11.5. The van der Waals surface area contributed by atoms with E-state index in [9.17, 15) is 4.79 Å². The van der Waals surface area contributed by atoms with Gasteiger partial charge in [0.25, 0.3) is 0 Å². The zero-order chi connectivity index (χ0) is 12.6. The normalized spacial score (nSPS) is 25.5. The Balaban J connectivity index is 2.15. The lowest BCUT2D eigenvalue weighted by Gasteiger charge is -2.28. The molecule has 0 aliphatic carbocycles. The van der Waals surface area contributed by atoms with Gasteiger partial charge in [-0.25, -0.2) is 5.43 Å². The van der Waals surface area contributed by atoms with Crippen molar-refractivity contribution in [1.29, 1.82) is 0 Å². The molecule has 1 unspecified atom stereocenters. The van der Waals surface area contributed by atoms with Gasteiger partial charge in [0.05, 0.1) is 11.2 Å². The molecule has 0 spiro atoms. The van der Waals surface area contributed by atoms with Crippen molar-refractivity contribution in [3.8, 4) is 0 Å². The molecule has 0 aromatic heterocycles. The summed E-state index contributed by atoms with van der Waals surface area (Å²) in [6, 6.07) is 10.0. The summed E-state index contributed by atoms with van der Waals surface area (Å²) in [4.78, 5) is 11.5. The SMILES string of the molecule is CC1(c2ccccc2)NN2C=CC=CC2=C1C=O. The van der Waals surface area contributed by atoms with Crippen LogP contribution in [-0.2, 0) is 10.3 Å². The first-order valence-corrected chi connectivity index (χ1v) is 5.93. The molecule has 1 aromatic rings. The van der Waals surface area contributed by atoms with Crippen molar-refractivity contribution >= 4 is 6.29 Å². The molecule has 90 valence electrons. The summed E-state index contributed by atoms with van der Waals surface area (Å²) in [6.45, 7) is 2.03. The van der Waals surface area contributed by atoms with Crippen molar-refractivity contribution < 1.29 is 4.79 Å². The van der Waals surface area contributed by atoms with Crippen LogP contribution in [0.25, 0.3) is 0 Å². The third kappa shape index (κ3) is 1.45. The van der Waals surface area contributed by atoms with E-state index in [1.807, 2.05) is 66.7 Å². The Morgan fingerprint density at radius 3 is 2.72 bits per heavy atom. The van der Waals surface area contributed by atoms with E-state index >= 15 is 0 Å². The van der Waals surface area contributed by atoms with Crippen LogP contribution in [0.2, 0.25) is 0 Å². The molecule has 1 atom stereocenters. The average Bonchev–Trinajstić information content (AvgIpc) is 2.72. The van der Waals surface area contributed by atoms with Gasteiger partial charge in [-0.1, -0.05) is 36.4 Å². The smallest absolute Gasteiger partial charge is 0.150 e. The van der Waals surface area contributed by atoms with E-state index in [2.05, 4.69) is 5.43 Å². The van der Waals surface area contributed by atoms with Crippen LogP contribution in [0, 0.1) is 0 Å². The lowest BCUT2D eigenvalue weighted by molar-refractivity contribution is -0.105. The highest BCUT2D eigenvalue weighted by Gasteiger charge is 2.41. The molecule has 0 fully saturated rings. The minimum Gasteiger partial charge on any atom is -0.298 e. The van der Waals surface area contributed by atoms with Gasteiger partial charge in [-0.15, -0.1) is 0 Å². The molecule has 3 nitrogen and oxygen atoms in total. The van der Waals surface area contributed by atoms with Gasteiger partial charge in [-0.3, -0.25) is 9.80 Å². The predicted octanol–water partition coefficient (Wildman–Crippen LogP) is 2.26. The van der Waals surface area contributed by atoms with Crippen molar-refractivity contribution in [1.82, 2.24) is 10.4 Å². The Labute approximate surface area is 106 Å². The number of aldehydes is 1. The van der Waals surface area contributed by atoms with Crippen LogP contribution in [0.4, 0.5) is 0 Å². The number of carbonyl (C=O) groups excluding carboxylic acids is 1. The van der Waals surface area contributed by atoms with Crippen molar-refractivity contribution in [2.45, 2.75) is 12.5 Å². The van der Waals surface area contributed by atoms with E-state index in [4.69, 9.17) is 0 Å². The Kier molecular flexibility index (Phi) is 2.42. The number of rotatable bonds is 2. The Bertz CT molecular complexity index is 571. The largest absolute Gasteiger partial charge is 0.298 e. The molecule has 18 heavy (non-hydrogen) atoms. The fourth-order valence-electron chi connectivity index (χ4n) is 2.49. The van der Waals surface area contributed by atoms with Crippen molar-refractivity contribution in [3.63, 3.8) is 0 Å². The summed E-state index contributed by atoms with van der Waals surface area (Å²) >= 11 is 0. The first-order valence-electron chi connectivity index (χ1n) is 5.93. The van der Waals surface area contributed by atoms with E-state index in [0.29, 0.717) is 0 Å². The van der Waals surface area contributed by atoms with Crippen LogP contribution in [-0.4, -0.2) is 11.3 Å².